The van der Waals surface area contributed by atoms with E-state index in [2.05, 4.69) is 207 Å². The summed E-state index contributed by atoms with van der Waals surface area (Å²) in [6.07, 6.45) is 0. The molecule has 0 aliphatic carbocycles. The monoisotopic (exact) mass is 672 g/mol. The molecule has 0 saturated carbocycles. The van der Waals surface area contributed by atoms with E-state index in [1.54, 1.807) is 0 Å². The van der Waals surface area contributed by atoms with Gasteiger partial charge in [-0.05, 0) is 112 Å². The normalized spacial score (nSPS) is 11.5. The fraction of sp³-hybridized carbons (Fsp3) is 0.0189. The molecule has 0 aliphatic heterocycles. The predicted octanol–water partition coefficient (Wildman–Crippen LogP) is 14.9. The van der Waals surface area contributed by atoms with Gasteiger partial charge in [0, 0.05) is 0 Å². The molecule has 10 aromatic rings. The van der Waals surface area contributed by atoms with Gasteiger partial charge in [0.15, 0.2) is 0 Å². The van der Waals surface area contributed by atoms with E-state index in [1.165, 1.54) is 104 Å². The van der Waals surface area contributed by atoms with Crippen LogP contribution in [0.15, 0.2) is 200 Å². The molecule has 0 fully saturated rings. The van der Waals surface area contributed by atoms with Crippen molar-refractivity contribution in [2.24, 2.45) is 0 Å². The Kier molecular flexibility index (Phi) is 7.48. The van der Waals surface area contributed by atoms with Crippen LogP contribution in [0.1, 0.15) is 5.56 Å². The topological polar surface area (TPSA) is 0 Å². The zero-order valence-electron chi connectivity index (χ0n) is 29.6. The summed E-state index contributed by atoms with van der Waals surface area (Å²) in [7, 11) is 0. The fourth-order valence-corrected chi connectivity index (χ4v) is 8.49. The highest BCUT2D eigenvalue weighted by atomic mass is 14.2. The first-order chi connectivity index (χ1) is 26.2. The molecule has 0 heterocycles. The smallest absolute Gasteiger partial charge is 0.00262 e. The van der Waals surface area contributed by atoms with Crippen LogP contribution in [0.5, 0.6) is 0 Å². The third kappa shape index (κ3) is 5.22. The summed E-state index contributed by atoms with van der Waals surface area (Å²) in [5, 5.41) is 10.1. The van der Waals surface area contributed by atoms with Crippen LogP contribution in [0.4, 0.5) is 0 Å². The van der Waals surface area contributed by atoms with E-state index in [-0.39, 0.29) is 0 Å². The number of rotatable bonds is 5. The zero-order valence-corrected chi connectivity index (χ0v) is 29.6. The van der Waals surface area contributed by atoms with Crippen LogP contribution >= 0.6 is 0 Å². The maximum atomic E-state index is 2.39. The number of hydrogen-bond acceptors (Lipinski definition) is 0. The Labute approximate surface area is 310 Å². The van der Waals surface area contributed by atoms with E-state index in [9.17, 15) is 0 Å². The molecule has 0 unspecified atom stereocenters. The molecule has 10 rings (SSSR count). The van der Waals surface area contributed by atoms with Gasteiger partial charge in [-0.15, -0.1) is 0 Å². The first-order valence-electron chi connectivity index (χ1n) is 18.4. The summed E-state index contributed by atoms with van der Waals surface area (Å²) in [5.41, 5.74) is 13.7. The van der Waals surface area contributed by atoms with Crippen molar-refractivity contribution in [2.45, 2.75) is 6.92 Å². The maximum absolute atomic E-state index is 2.39. The largest absolute Gasteiger partial charge is 0.0622 e. The van der Waals surface area contributed by atoms with E-state index in [0.29, 0.717) is 0 Å². The van der Waals surface area contributed by atoms with Crippen LogP contribution in [-0.4, -0.2) is 0 Å². The summed E-state index contributed by atoms with van der Waals surface area (Å²) in [6, 6.07) is 73.6. The van der Waals surface area contributed by atoms with E-state index < -0.39 is 0 Å². The molecule has 0 aromatic heterocycles. The summed E-state index contributed by atoms with van der Waals surface area (Å²) < 4.78 is 0. The van der Waals surface area contributed by atoms with Gasteiger partial charge in [0.1, 0.15) is 0 Å². The second-order valence-corrected chi connectivity index (χ2v) is 14.1. The van der Waals surface area contributed by atoms with Crippen molar-refractivity contribution in [2.75, 3.05) is 0 Å². The highest BCUT2D eigenvalue weighted by Crippen LogP contribution is 2.47. The van der Waals surface area contributed by atoms with Gasteiger partial charge in [0.05, 0.1) is 0 Å². The van der Waals surface area contributed by atoms with Crippen molar-refractivity contribution in [3.8, 4) is 55.6 Å². The molecule has 0 bridgehead atoms. The summed E-state index contributed by atoms with van der Waals surface area (Å²) in [4.78, 5) is 0. The lowest BCUT2D eigenvalue weighted by molar-refractivity contribution is 1.47. The Morgan fingerprint density at radius 1 is 0.208 bits per heavy atom. The van der Waals surface area contributed by atoms with Crippen LogP contribution < -0.4 is 0 Å². The van der Waals surface area contributed by atoms with E-state index in [4.69, 9.17) is 0 Å². The predicted molar refractivity (Wildman–Crippen MR) is 228 cm³/mol. The first-order valence-corrected chi connectivity index (χ1v) is 18.4. The Bertz CT molecular complexity index is 2900. The first kappa shape index (κ1) is 31.0. The number of fused-ring (bicyclic) bond motifs is 4. The quantitative estimate of drug-likeness (QED) is 0.160. The average molecular weight is 673 g/mol. The summed E-state index contributed by atoms with van der Waals surface area (Å²) in [5.74, 6) is 0. The van der Waals surface area contributed by atoms with Crippen molar-refractivity contribution >= 4 is 43.1 Å². The minimum absolute atomic E-state index is 1.21. The molecule has 0 N–H and O–H groups in total. The Morgan fingerprint density at radius 3 is 0.906 bits per heavy atom. The van der Waals surface area contributed by atoms with Crippen molar-refractivity contribution in [1.82, 2.24) is 0 Å². The Balaban J connectivity index is 1.21. The Hall–Kier alpha value is -6.76. The minimum atomic E-state index is 1.21. The number of benzene rings is 10. The van der Waals surface area contributed by atoms with E-state index >= 15 is 0 Å². The lowest BCUT2D eigenvalue weighted by Crippen LogP contribution is -1.93. The number of aryl methyl sites for hydroxylation is 1. The van der Waals surface area contributed by atoms with Crippen molar-refractivity contribution in [3.63, 3.8) is 0 Å². The van der Waals surface area contributed by atoms with E-state index in [0.717, 1.165) is 0 Å². The molecule has 0 nitrogen and oxygen atoms in total. The standard InChI is InChI=1S/C53H36/c1-35-24-26-38(27-25-35)50-42-18-8-10-20-44(42)51(45-21-11-9-19-43(45)50)39-28-30-40(31-29-39)52-46-22-12-13-23-47(46)53(37-16-6-3-7-17-37)49-34-41(32-33-48(49)52)36-14-4-2-5-15-36/h2-34H,1H3. The summed E-state index contributed by atoms with van der Waals surface area (Å²) in [6.45, 7) is 2.15. The van der Waals surface area contributed by atoms with Gasteiger partial charge in [0.25, 0.3) is 0 Å². The van der Waals surface area contributed by atoms with Gasteiger partial charge < -0.3 is 0 Å². The van der Waals surface area contributed by atoms with Crippen LogP contribution in [-0.2, 0) is 0 Å². The molecule has 53 heavy (non-hydrogen) atoms. The number of hydrogen-bond donors (Lipinski definition) is 0. The molecule has 0 heteroatoms. The van der Waals surface area contributed by atoms with Crippen molar-refractivity contribution in [1.29, 1.82) is 0 Å². The van der Waals surface area contributed by atoms with Gasteiger partial charge in [-0.3, -0.25) is 0 Å². The van der Waals surface area contributed by atoms with Gasteiger partial charge in [-0.2, -0.15) is 0 Å². The summed E-state index contributed by atoms with van der Waals surface area (Å²) >= 11 is 0. The fourth-order valence-electron chi connectivity index (χ4n) is 8.49. The second-order valence-electron chi connectivity index (χ2n) is 14.1. The molecule has 0 aliphatic rings. The van der Waals surface area contributed by atoms with Crippen LogP contribution in [0, 0.1) is 6.92 Å². The second kappa shape index (κ2) is 12.8. The highest BCUT2D eigenvalue weighted by Gasteiger charge is 2.19. The molecule has 0 amide bonds. The minimum Gasteiger partial charge on any atom is -0.0622 e. The average Bonchev–Trinajstić information content (AvgIpc) is 3.23. The van der Waals surface area contributed by atoms with Gasteiger partial charge in [-0.25, -0.2) is 0 Å². The molecule has 0 spiro atoms. The SMILES string of the molecule is Cc1ccc(-c2c3ccccc3c(-c3ccc(-c4c5ccccc5c(-c5ccccc5)c5cc(-c6ccccc6)ccc45)cc3)c3ccccc23)cc1. The molecule has 10 aromatic carbocycles. The Morgan fingerprint density at radius 2 is 0.491 bits per heavy atom. The molecule has 0 atom stereocenters. The van der Waals surface area contributed by atoms with Crippen LogP contribution in [0.25, 0.3) is 98.7 Å². The van der Waals surface area contributed by atoms with Gasteiger partial charge >= 0.3 is 0 Å². The van der Waals surface area contributed by atoms with Crippen molar-refractivity contribution in [3.05, 3.63) is 206 Å². The molecule has 248 valence electrons. The van der Waals surface area contributed by atoms with Crippen molar-refractivity contribution < 1.29 is 0 Å². The van der Waals surface area contributed by atoms with Crippen LogP contribution in [0.2, 0.25) is 0 Å². The lowest BCUT2D eigenvalue weighted by Gasteiger charge is -2.20. The third-order valence-electron chi connectivity index (χ3n) is 10.9. The van der Waals surface area contributed by atoms with Gasteiger partial charge in [0.2, 0.25) is 0 Å². The third-order valence-corrected chi connectivity index (χ3v) is 10.9. The molecular weight excluding hydrogens is 637 g/mol. The lowest BCUT2D eigenvalue weighted by atomic mass is 9.83. The van der Waals surface area contributed by atoms with Gasteiger partial charge in [-0.1, -0.05) is 200 Å². The molecule has 0 radical (unpaired) electrons. The zero-order chi connectivity index (χ0) is 35.3. The highest BCUT2D eigenvalue weighted by molar-refractivity contribution is 6.23. The van der Waals surface area contributed by atoms with Crippen LogP contribution in [0.3, 0.4) is 0 Å². The molecular formula is C53H36. The maximum Gasteiger partial charge on any atom is -0.00262 e. The molecule has 0 saturated heterocycles. The van der Waals surface area contributed by atoms with E-state index in [1.807, 2.05) is 0 Å².